The molecule has 0 bridgehead atoms. The second kappa shape index (κ2) is 11.9. The summed E-state index contributed by atoms with van der Waals surface area (Å²) in [4.78, 5) is 11.0. The molecule has 0 N–H and O–H groups in total. The Kier molecular flexibility index (Phi) is 7.61. The first-order valence-electron chi connectivity index (χ1n) is 16.1. The van der Waals surface area contributed by atoms with Crippen molar-refractivity contribution < 1.29 is 0 Å². The summed E-state index contributed by atoms with van der Waals surface area (Å²) in [5.41, 5.74) is 4.69. The summed E-state index contributed by atoms with van der Waals surface area (Å²) in [6, 6.07) is 53.6. The van der Waals surface area contributed by atoms with Crippen molar-refractivity contribution in [1.82, 2.24) is 9.97 Å². The minimum Gasteiger partial charge on any atom is -0.249 e. The van der Waals surface area contributed by atoms with Gasteiger partial charge in [0.2, 0.25) is 0 Å². The van der Waals surface area contributed by atoms with E-state index in [-0.39, 0.29) is 10.8 Å². The summed E-state index contributed by atoms with van der Waals surface area (Å²) in [5.74, 6) is 0.558. The molecule has 0 spiro atoms. The molecular weight excluding hydrogens is 582 g/mol. The third-order valence-corrected chi connectivity index (χ3v) is 15.9. The Morgan fingerprint density at radius 1 is 0.556 bits per heavy atom. The third-order valence-electron chi connectivity index (χ3n) is 10.3. The number of nitrogens with zero attached hydrogens (tertiary/aromatic N) is 2. The van der Waals surface area contributed by atoms with Gasteiger partial charge in [-0.2, -0.15) is 0 Å². The SMILES string of the molecule is CC1(CP(c2ccccc2)c2ccccc2)Cc2nc3ccccc3nc2C2(CP(c3ccccc3)c3ccccc3)CCC12. The number of hydrogen-bond donors (Lipinski definition) is 0. The van der Waals surface area contributed by atoms with Crippen molar-refractivity contribution in [1.29, 1.82) is 0 Å². The lowest BCUT2D eigenvalue weighted by Crippen LogP contribution is -2.60. The van der Waals surface area contributed by atoms with Crippen LogP contribution in [0.3, 0.4) is 0 Å². The molecule has 2 nitrogen and oxygen atoms in total. The second-order valence-electron chi connectivity index (χ2n) is 13.1. The number of aromatic nitrogens is 2. The lowest BCUT2D eigenvalue weighted by molar-refractivity contribution is 0.00692. The molecule has 1 fully saturated rings. The number of rotatable bonds is 8. The van der Waals surface area contributed by atoms with E-state index >= 15 is 0 Å². The van der Waals surface area contributed by atoms with Crippen LogP contribution in [0.5, 0.6) is 0 Å². The van der Waals surface area contributed by atoms with Gasteiger partial charge in [0.15, 0.2) is 0 Å². The average Bonchev–Trinajstić information content (AvgIpc) is 3.08. The highest BCUT2D eigenvalue weighted by atomic mass is 31.1. The van der Waals surface area contributed by atoms with Crippen LogP contribution < -0.4 is 21.2 Å². The van der Waals surface area contributed by atoms with Gasteiger partial charge in [0.05, 0.1) is 22.4 Å². The number of para-hydroxylation sites is 2. The van der Waals surface area contributed by atoms with Crippen LogP contribution in [-0.4, -0.2) is 22.3 Å². The number of benzene rings is 5. The molecule has 45 heavy (non-hydrogen) atoms. The highest BCUT2D eigenvalue weighted by Crippen LogP contribution is 2.66. The van der Waals surface area contributed by atoms with Gasteiger partial charge >= 0.3 is 0 Å². The van der Waals surface area contributed by atoms with Gasteiger partial charge in [-0.15, -0.1) is 0 Å². The first kappa shape index (κ1) is 28.8. The number of fused-ring (bicyclic) bond motifs is 4. The highest BCUT2D eigenvalue weighted by Gasteiger charge is 2.61. The van der Waals surface area contributed by atoms with Gasteiger partial charge in [-0.25, -0.2) is 9.97 Å². The summed E-state index contributed by atoms with van der Waals surface area (Å²) in [7, 11) is -1.11. The maximum atomic E-state index is 5.53. The molecule has 5 aromatic carbocycles. The minimum atomic E-state index is -0.577. The summed E-state index contributed by atoms with van der Waals surface area (Å²) in [5, 5.41) is 5.85. The average molecular weight is 621 g/mol. The topological polar surface area (TPSA) is 25.8 Å². The molecule has 1 saturated carbocycles. The van der Waals surface area contributed by atoms with E-state index in [9.17, 15) is 0 Å². The third kappa shape index (κ3) is 5.23. The Labute approximate surface area is 269 Å². The fourth-order valence-corrected chi connectivity index (χ4v) is 13.8. The van der Waals surface area contributed by atoms with E-state index in [0.717, 1.165) is 29.8 Å². The zero-order valence-corrected chi connectivity index (χ0v) is 27.5. The van der Waals surface area contributed by atoms with Crippen LogP contribution >= 0.6 is 15.8 Å². The molecular formula is C41H38N2P2. The standard InChI is InChI=1S/C41H38N2P2/c1-40(29-44(31-16-6-2-7-17-31)32-18-8-3-9-19-32)28-37-39(43-36-25-15-14-24-35(36)42-37)41(27-26-38(40)41)30-45(33-20-10-4-11-21-33)34-22-12-5-13-23-34/h2-25,38H,26-30H2,1H3. The van der Waals surface area contributed by atoms with Gasteiger partial charge in [0, 0.05) is 5.41 Å². The van der Waals surface area contributed by atoms with Crippen LogP contribution in [0.1, 0.15) is 31.2 Å². The van der Waals surface area contributed by atoms with Crippen molar-refractivity contribution in [2.24, 2.45) is 11.3 Å². The van der Waals surface area contributed by atoms with E-state index in [1.165, 1.54) is 45.4 Å². The zero-order valence-electron chi connectivity index (χ0n) is 25.8. The molecule has 1 aromatic heterocycles. The minimum absolute atomic E-state index is 0.00509. The van der Waals surface area contributed by atoms with E-state index < -0.39 is 15.8 Å². The molecule has 0 amide bonds. The van der Waals surface area contributed by atoms with Crippen LogP contribution in [0.25, 0.3) is 11.0 Å². The van der Waals surface area contributed by atoms with Gasteiger partial charge in [-0.3, -0.25) is 0 Å². The molecule has 6 aromatic rings. The summed E-state index contributed by atoms with van der Waals surface area (Å²) < 4.78 is 0. The van der Waals surface area contributed by atoms with Gasteiger partial charge in [-0.05, 0) is 92.1 Å². The van der Waals surface area contributed by atoms with Crippen molar-refractivity contribution in [2.45, 2.75) is 31.6 Å². The molecule has 2 aliphatic rings. The Morgan fingerprint density at radius 3 is 1.42 bits per heavy atom. The summed E-state index contributed by atoms with van der Waals surface area (Å²) in [6.07, 6.45) is 5.70. The predicted octanol–water partition coefficient (Wildman–Crippen LogP) is 8.11. The molecule has 0 radical (unpaired) electrons. The maximum absolute atomic E-state index is 5.53. The van der Waals surface area contributed by atoms with Crippen molar-refractivity contribution in [2.75, 3.05) is 12.3 Å². The predicted molar refractivity (Wildman–Crippen MR) is 194 cm³/mol. The molecule has 3 unspecified atom stereocenters. The summed E-state index contributed by atoms with van der Waals surface area (Å²) >= 11 is 0. The fourth-order valence-electron chi connectivity index (χ4n) is 8.17. The molecule has 3 atom stereocenters. The van der Waals surface area contributed by atoms with E-state index in [1.54, 1.807) is 0 Å². The van der Waals surface area contributed by atoms with Crippen molar-refractivity contribution in [3.63, 3.8) is 0 Å². The molecule has 1 heterocycles. The molecule has 4 heteroatoms. The van der Waals surface area contributed by atoms with Crippen molar-refractivity contribution in [3.8, 4) is 0 Å². The fraction of sp³-hybridized carbons (Fsp3) is 0.220. The second-order valence-corrected chi connectivity index (χ2v) is 17.5. The Bertz CT molecular complexity index is 1840. The quantitative estimate of drug-likeness (QED) is 0.161. The lowest BCUT2D eigenvalue weighted by atomic mass is 9.46. The van der Waals surface area contributed by atoms with Gasteiger partial charge in [0.25, 0.3) is 0 Å². The zero-order chi connectivity index (χ0) is 30.3. The first-order chi connectivity index (χ1) is 22.1. The van der Waals surface area contributed by atoms with Crippen LogP contribution in [-0.2, 0) is 11.8 Å². The Balaban J connectivity index is 1.28. The smallest absolute Gasteiger partial charge is 0.0890 e. The van der Waals surface area contributed by atoms with E-state index in [1.807, 2.05) is 0 Å². The van der Waals surface area contributed by atoms with Crippen molar-refractivity contribution in [3.05, 3.63) is 157 Å². The van der Waals surface area contributed by atoms with Crippen LogP contribution in [0, 0.1) is 11.3 Å². The van der Waals surface area contributed by atoms with E-state index in [4.69, 9.17) is 9.97 Å². The largest absolute Gasteiger partial charge is 0.249 e. The monoisotopic (exact) mass is 620 g/mol. The van der Waals surface area contributed by atoms with Crippen molar-refractivity contribution >= 4 is 48.1 Å². The Morgan fingerprint density at radius 2 is 0.978 bits per heavy atom. The molecule has 2 aliphatic carbocycles. The maximum Gasteiger partial charge on any atom is 0.0890 e. The molecule has 0 aliphatic heterocycles. The lowest BCUT2D eigenvalue weighted by Gasteiger charge is -2.62. The normalized spacial score (nSPS) is 22.2. The summed E-state index contributed by atoms with van der Waals surface area (Å²) in [6.45, 7) is 2.60. The molecule has 222 valence electrons. The van der Waals surface area contributed by atoms with Gasteiger partial charge in [-0.1, -0.05) is 140 Å². The van der Waals surface area contributed by atoms with Gasteiger partial charge in [0.1, 0.15) is 0 Å². The van der Waals surface area contributed by atoms with E-state index in [2.05, 4.69) is 153 Å². The number of hydrogen-bond acceptors (Lipinski definition) is 2. The van der Waals surface area contributed by atoms with Crippen LogP contribution in [0.2, 0.25) is 0 Å². The molecule has 8 rings (SSSR count). The Hall–Kier alpha value is -3.70. The first-order valence-corrected chi connectivity index (χ1v) is 19.2. The van der Waals surface area contributed by atoms with E-state index in [0.29, 0.717) is 5.92 Å². The van der Waals surface area contributed by atoms with Crippen LogP contribution in [0.4, 0.5) is 0 Å². The van der Waals surface area contributed by atoms with Crippen LogP contribution in [0.15, 0.2) is 146 Å². The molecule has 0 saturated heterocycles. The highest BCUT2D eigenvalue weighted by molar-refractivity contribution is 7.73. The van der Waals surface area contributed by atoms with Gasteiger partial charge < -0.3 is 0 Å².